The van der Waals surface area contributed by atoms with E-state index in [0.29, 0.717) is 5.69 Å². The van der Waals surface area contributed by atoms with Crippen LogP contribution >= 0.6 is 0 Å². The highest BCUT2D eigenvalue weighted by molar-refractivity contribution is 5.60. The maximum Gasteiger partial charge on any atom is 0.143 e. The van der Waals surface area contributed by atoms with Gasteiger partial charge in [0.2, 0.25) is 0 Å². The van der Waals surface area contributed by atoms with Crippen LogP contribution in [0, 0.1) is 17.1 Å². The third-order valence-electron chi connectivity index (χ3n) is 3.69. The summed E-state index contributed by atoms with van der Waals surface area (Å²) in [4.78, 5) is 4.32. The van der Waals surface area contributed by atoms with Crippen molar-refractivity contribution in [3.05, 3.63) is 47.6 Å². The minimum Gasteiger partial charge on any atom is -0.368 e. The van der Waals surface area contributed by atoms with Crippen LogP contribution in [0.15, 0.2) is 35.1 Å². The molecule has 1 aliphatic heterocycles. The van der Waals surface area contributed by atoms with Gasteiger partial charge in [0.25, 0.3) is 0 Å². The second kappa shape index (κ2) is 5.94. The summed E-state index contributed by atoms with van der Waals surface area (Å²) < 4.78 is 18.5. The van der Waals surface area contributed by atoms with Gasteiger partial charge in [-0.3, -0.25) is 4.90 Å². The fraction of sp³-hybridized carbons (Fsp3) is 0.333. The fourth-order valence-electron chi connectivity index (χ4n) is 2.58. The highest BCUT2D eigenvalue weighted by Gasteiger charge is 2.21. The van der Waals surface area contributed by atoms with E-state index >= 15 is 0 Å². The number of aromatic nitrogens is 1. The minimum absolute atomic E-state index is 0.127. The van der Waals surface area contributed by atoms with E-state index in [1.54, 1.807) is 18.4 Å². The average Bonchev–Trinajstić information content (AvgIpc) is 3.01. The van der Waals surface area contributed by atoms with Crippen LogP contribution in [0.5, 0.6) is 0 Å². The molecule has 21 heavy (non-hydrogen) atoms. The van der Waals surface area contributed by atoms with Crippen LogP contribution in [0.3, 0.4) is 0 Å². The number of hydrogen-bond acceptors (Lipinski definition) is 5. The molecule has 0 N–H and O–H groups in total. The number of hydrogen-bond donors (Lipinski definition) is 0. The molecule has 1 aromatic heterocycles. The average molecular weight is 286 g/mol. The molecule has 5 nitrogen and oxygen atoms in total. The van der Waals surface area contributed by atoms with Crippen molar-refractivity contribution in [2.24, 2.45) is 0 Å². The van der Waals surface area contributed by atoms with E-state index in [-0.39, 0.29) is 5.56 Å². The first kappa shape index (κ1) is 13.6. The molecule has 1 fully saturated rings. The van der Waals surface area contributed by atoms with E-state index in [2.05, 4.69) is 15.0 Å². The van der Waals surface area contributed by atoms with Crippen LogP contribution < -0.4 is 4.90 Å². The maximum atomic E-state index is 13.7. The van der Waals surface area contributed by atoms with Gasteiger partial charge in [0.05, 0.1) is 11.4 Å². The molecule has 1 saturated heterocycles. The van der Waals surface area contributed by atoms with Gasteiger partial charge in [-0.05, 0) is 12.1 Å². The molecule has 0 spiro atoms. The molecular formula is C15H15FN4O. The molecule has 108 valence electrons. The topological polar surface area (TPSA) is 56.3 Å². The summed E-state index contributed by atoms with van der Waals surface area (Å²) >= 11 is 0. The number of halogens is 1. The van der Waals surface area contributed by atoms with Gasteiger partial charge in [-0.15, -0.1) is 0 Å². The van der Waals surface area contributed by atoms with Crippen LogP contribution in [-0.4, -0.2) is 36.2 Å². The van der Waals surface area contributed by atoms with E-state index in [4.69, 9.17) is 9.78 Å². The van der Waals surface area contributed by atoms with Gasteiger partial charge >= 0.3 is 0 Å². The van der Waals surface area contributed by atoms with Gasteiger partial charge in [0.15, 0.2) is 0 Å². The summed E-state index contributed by atoms with van der Waals surface area (Å²) in [6.07, 6.45) is 1.57. The zero-order valence-corrected chi connectivity index (χ0v) is 11.5. The third kappa shape index (κ3) is 2.88. The molecule has 0 amide bonds. The zero-order valence-electron chi connectivity index (χ0n) is 11.5. The Hall–Kier alpha value is -2.39. The Kier molecular flexibility index (Phi) is 3.84. The minimum atomic E-state index is -0.458. The molecule has 2 heterocycles. The summed E-state index contributed by atoms with van der Waals surface area (Å²) in [5.74, 6) is -0.458. The summed E-state index contributed by atoms with van der Waals surface area (Å²) in [6, 6.07) is 8.58. The van der Waals surface area contributed by atoms with Gasteiger partial charge in [-0.25, -0.2) is 4.39 Å². The monoisotopic (exact) mass is 286 g/mol. The number of benzene rings is 1. The van der Waals surface area contributed by atoms with Crippen molar-refractivity contribution < 1.29 is 8.91 Å². The predicted octanol–water partition coefficient (Wildman–Crippen LogP) is 2.01. The number of rotatable bonds is 3. The molecular weight excluding hydrogens is 271 g/mol. The van der Waals surface area contributed by atoms with E-state index < -0.39 is 5.82 Å². The standard InChI is InChI=1S/C15H15FN4O/c16-14-2-1-3-15(13(14)10-17)20-7-5-19(6-8-20)11-12-4-9-21-18-12/h1-4,9H,5-8,11H2. The highest BCUT2D eigenvalue weighted by Crippen LogP contribution is 2.23. The Morgan fingerprint density at radius 2 is 2.05 bits per heavy atom. The van der Waals surface area contributed by atoms with Crippen LogP contribution in [0.4, 0.5) is 10.1 Å². The molecule has 0 atom stereocenters. The number of piperazine rings is 1. The lowest BCUT2D eigenvalue weighted by Gasteiger charge is -2.36. The number of nitriles is 1. The van der Waals surface area contributed by atoms with Gasteiger partial charge in [-0.2, -0.15) is 5.26 Å². The summed E-state index contributed by atoms with van der Waals surface area (Å²) in [5, 5.41) is 13.0. The highest BCUT2D eigenvalue weighted by atomic mass is 19.1. The molecule has 0 aliphatic carbocycles. The van der Waals surface area contributed by atoms with Crippen molar-refractivity contribution in [1.29, 1.82) is 5.26 Å². The number of anilines is 1. The smallest absolute Gasteiger partial charge is 0.143 e. The van der Waals surface area contributed by atoms with Crippen LogP contribution in [0.1, 0.15) is 11.3 Å². The van der Waals surface area contributed by atoms with E-state index in [0.717, 1.165) is 38.4 Å². The molecule has 2 aromatic rings. The first-order valence-corrected chi connectivity index (χ1v) is 6.83. The lowest BCUT2D eigenvalue weighted by atomic mass is 10.1. The number of nitrogens with zero attached hydrogens (tertiary/aromatic N) is 4. The second-order valence-electron chi connectivity index (χ2n) is 5.00. The van der Waals surface area contributed by atoms with Gasteiger partial charge in [-0.1, -0.05) is 11.2 Å². The van der Waals surface area contributed by atoms with Crippen molar-refractivity contribution in [2.75, 3.05) is 31.1 Å². The normalized spacial score (nSPS) is 15.9. The molecule has 0 unspecified atom stereocenters. The van der Waals surface area contributed by atoms with Crippen LogP contribution in [0.2, 0.25) is 0 Å². The summed E-state index contributed by atoms with van der Waals surface area (Å²) in [5.41, 5.74) is 1.72. The Morgan fingerprint density at radius 1 is 1.24 bits per heavy atom. The summed E-state index contributed by atoms with van der Waals surface area (Å²) in [7, 11) is 0. The van der Waals surface area contributed by atoms with Gasteiger partial charge < -0.3 is 9.42 Å². The molecule has 1 aromatic carbocycles. The van der Waals surface area contributed by atoms with Crippen molar-refractivity contribution in [3.8, 4) is 6.07 Å². The van der Waals surface area contributed by atoms with Gasteiger partial charge in [0, 0.05) is 38.8 Å². The molecule has 6 heteroatoms. The summed E-state index contributed by atoms with van der Waals surface area (Å²) in [6.45, 7) is 3.95. The van der Waals surface area contributed by atoms with Crippen LogP contribution in [-0.2, 0) is 6.54 Å². The third-order valence-corrected chi connectivity index (χ3v) is 3.69. The lowest BCUT2D eigenvalue weighted by molar-refractivity contribution is 0.242. The van der Waals surface area contributed by atoms with Crippen LogP contribution in [0.25, 0.3) is 0 Å². The van der Waals surface area contributed by atoms with Crippen molar-refractivity contribution in [2.45, 2.75) is 6.54 Å². The first-order chi connectivity index (χ1) is 10.3. The lowest BCUT2D eigenvalue weighted by Crippen LogP contribution is -2.46. The van der Waals surface area contributed by atoms with Crippen molar-refractivity contribution in [3.63, 3.8) is 0 Å². The van der Waals surface area contributed by atoms with E-state index in [9.17, 15) is 4.39 Å². The quantitative estimate of drug-likeness (QED) is 0.864. The molecule has 1 aliphatic rings. The second-order valence-corrected chi connectivity index (χ2v) is 5.00. The molecule has 0 saturated carbocycles. The van der Waals surface area contributed by atoms with E-state index in [1.807, 2.05) is 12.1 Å². The zero-order chi connectivity index (χ0) is 14.7. The first-order valence-electron chi connectivity index (χ1n) is 6.83. The Balaban J connectivity index is 1.66. The van der Waals surface area contributed by atoms with Crippen molar-refractivity contribution >= 4 is 5.69 Å². The SMILES string of the molecule is N#Cc1c(F)cccc1N1CCN(Cc2ccon2)CC1. The molecule has 0 radical (unpaired) electrons. The Morgan fingerprint density at radius 3 is 2.71 bits per heavy atom. The maximum absolute atomic E-state index is 13.7. The fourth-order valence-corrected chi connectivity index (χ4v) is 2.58. The van der Waals surface area contributed by atoms with Crippen molar-refractivity contribution in [1.82, 2.24) is 10.1 Å². The van der Waals surface area contributed by atoms with Gasteiger partial charge in [0.1, 0.15) is 23.7 Å². The largest absolute Gasteiger partial charge is 0.368 e. The predicted molar refractivity (Wildman–Crippen MR) is 75.1 cm³/mol. The Bertz CT molecular complexity index is 642. The molecule has 0 bridgehead atoms. The Labute approximate surface area is 122 Å². The van der Waals surface area contributed by atoms with E-state index in [1.165, 1.54) is 6.07 Å². The molecule has 3 rings (SSSR count).